The summed E-state index contributed by atoms with van der Waals surface area (Å²) in [4.78, 5) is 10.4. The Morgan fingerprint density at radius 2 is 1.47 bits per heavy atom. The fraction of sp³-hybridized carbons (Fsp3) is 0.300. The Morgan fingerprint density at radius 3 is 1.76 bits per heavy atom. The molecular formula is C10H9F4NO2. The van der Waals surface area contributed by atoms with Gasteiger partial charge in [-0.25, -0.2) is 22.4 Å². The first-order valence-electron chi connectivity index (χ1n) is 4.63. The van der Waals surface area contributed by atoms with E-state index in [0.717, 1.165) is 0 Å². The van der Waals surface area contributed by atoms with Crippen LogP contribution < -0.4 is 5.32 Å². The predicted molar refractivity (Wildman–Crippen MR) is 52.0 cm³/mol. The highest BCUT2D eigenvalue weighted by atomic mass is 19.2. The molecule has 0 aliphatic heterocycles. The van der Waals surface area contributed by atoms with Gasteiger partial charge in [-0.15, -0.1) is 0 Å². The molecule has 0 aromatic heterocycles. The van der Waals surface area contributed by atoms with Gasteiger partial charge in [0, 0.05) is 6.04 Å². The number of nitrogens with one attached hydrogen (secondary N) is 1. The van der Waals surface area contributed by atoms with Gasteiger partial charge in [0.1, 0.15) is 11.3 Å². The molecule has 94 valence electrons. The average molecular weight is 251 g/mol. The molecule has 0 atom stereocenters. The molecule has 7 heteroatoms. The first-order valence-corrected chi connectivity index (χ1v) is 4.63. The Balaban J connectivity index is 3.52. The Labute approximate surface area is 94.1 Å². The van der Waals surface area contributed by atoms with Gasteiger partial charge in [-0.2, -0.15) is 0 Å². The largest absolute Gasteiger partial charge is 0.477 e. The maximum Gasteiger partial charge on any atom is 0.341 e. The van der Waals surface area contributed by atoms with Crippen LogP contribution in [0.25, 0.3) is 0 Å². The van der Waals surface area contributed by atoms with E-state index in [4.69, 9.17) is 5.11 Å². The predicted octanol–water partition coefficient (Wildman–Crippen LogP) is 2.76. The number of carboxylic acid groups (broad SMARTS) is 1. The first-order chi connectivity index (χ1) is 7.77. The molecule has 2 N–H and O–H groups in total. The molecule has 17 heavy (non-hydrogen) atoms. The lowest BCUT2D eigenvalue weighted by Gasteiger charge is -2.14. The lowest BCUT2D eigenvalue weighted by atomic mass is 10.1. The quantitative estimate of drug-likeness (QED) is 0.641. The van der Waals surface area contributed by atoms with Crippen molar-refractivity contribution in [3.8, 4) is 0 Å². The Hall–Kier alpha value is -1.79. The van der Waals surface area contributed by atoms with Crippen LogP contribution in [0.3, 0.4) is 0 Å². The smallest absolute Gasteiger partial charge is 0.341 e. The third-order valence-electron chi connectivity index (χ3n) is 1.91. The lowest BCUT2D eigenvalue weighted by molar-refractivity contribution is 0.0683. The maximum atomic E-state index is 13.3. The zero-order valence-electron chi connectivity index (χ0n) is 8.94. The van der Waals surface area contributed by atoms with Crippen molar-refractivity contribution in [2.75, 3.05) is 5.32 Å². The van der Waals surface area contributed by atoms with Gasteiger partial charge in [0.05, 0.1) is 0 Å². The molecule has 0 unspecified atom stereocenters. The van der Waals surface area contributed by atoms with Crippen LogP contribution in [-0.2, 0) is 0 Å². The van der Waals surface area contributed by atoms with Crippen LogP contribution in [0, 0.1) is 23.3 Å². The van der Waals surface area contributed by atoms with Gasteiger partial charge in [-0.05, 0) is 13.8 Å². The van der Waals surface area contributed by atoms with Crippen LogP contribution in [0.2, 0.25) is 0 Å². The number of carboxylic acids is 1. The van der Waals surface area contributed by atoms with Crippen molar-refractivity contribution in [2.45, 2.75) is 19.9 Å². The second kappa shape index (κ2) is 4.60. The van der Waals surface area contributed by atoms with Crippen molar-refractivity contribution < 1.29 is 27.5 Å². The molecular weight excluding hydrogens is 242 g/mol. The molecule has 0 heterocycles. The molecule has 0 amide bonds. The summed E-state index contributed by atoms with van der Waals surface area (Å²) in [6.07, 6.45) is 0. The molecule has 1 aromatic carbocycles. The molecule has 0 radical (unpaired) electrons. The summed E-state index contributed by atoms with van der Waals surface area (Å²) in [6, 6.07) is -0.478. The first kappa shape index (κ1) is 13.3. The van der Waals surface area contributed by atoms with Gasteiger partial charge in [-0.1, -0.05) is 0 Å². The topological polar surface area (TPSA) is 49.3 Å². The number of halogens is 4. The van der Waals surface area contributed by atoms with Crippen LogP contribution in [0.15, 0.2) is 0 Å². The van der Waals surface area contributed by atoms with E-state index in [2.05, 4.69) is 5.32 Å². The minimum absolute atomic E-state index is 0.478. The molecule has 1 aromatic rings. The number of hydrogen-bond donors (Lipinski definition) is 2. The summed E-state index contributed by atoms with van der Waals surface area (Å²) in [6.45, 7) is 3.00. The highest BCUT2D eigenvalue weighted by molar-refractivity contribution is 5.89. The number of aromatic carboxylic acids is 1. The summed E-state index contributed by atoms with van der Waals surface area (Å²) in [5, 5.41) is 10.6. The molecule has 0 bridgehead atoms. The van der Waals surface area contributed by atoms with Crippen molar-refractivity contribution in [2.24, 2.45) is 0 Å². The van der Waals surface area contributed by atoms with E-state index in [1.165, 1.54) is 13.8 Å². The van der Waals surface area contributed by atoms with Crippen LogP contribution in [0.4, 0.5) is 23.2 Å². The lowest BCUT2D eigenvalue weighted by Crippen LogP contribution is -2.17. The van der Waals surface area contributed by atoms with E-state index < -0.39 is 46.5 Å². The number of rotatable bonds is 3. The van der Waals surface area contributed by atoms with Crippen LogP contribution in [0.1, 0.15) is 24.2 Å². The number of anilines is 1. The third-order valence-corrected chi connectivity index (χ3v) is 1.91. The van der Waals surface area contributed by atoms with Crippen LogP contribution in [-0.4, -0.2) is 17.1 Å². The second-order valence-electron chi connectivity index (χ2n) is 3.61. The zero-order valence-corrected chi connectivity index (χ0v) is 8.94. The Kier molecular flexibility index (Phi) is 3.59. The van der Waals surface area contributed by atoms with E-state index in [9.17, 15) is 22.4 Å². The van der Waals surface area contributed by atoms with Gasteiger partial charge in [0.15, 0.2) is 23.3 Å². The van der Waals surface area contributed by atoms with Gasteiger partial charge < -0.3 is 10.4 Å². The van der Waals surface area contributed by atoms with Crippen molar-refractivity contribution >= 4 is 11.7 Å². The monoisotopic (exact) mass is 251 g/mol. The van der Waals surface area contributed by atoms with Crippen LogP contribution >= 0.6 is 0 Å². The third kappa shape index (κ3) is 2.32. The zero-order chi connectivity index (χ0) is 13.3. The summed E-state index contributed by atoms with van der Waals surface area (Å²) in [7, 11) is 0. The second-order valence-corrected chi connectivity index (χ2v) is 3.61. The summed E-state index contributed by atoms with van der Waals surface area (Å²) >= 11 is 0. The molecule has 0 aliphatic rings. The number of carbonyl (C=O) groups is 1. The van der Waals surface area contributed by atoms with Crippen molar-refractivity contribution in [1.29, 1.82) is 0 Å². The number of benzene rings is 1. The van der Waals surface area contributed by atoms with Gasteiger partial charge in [0.2, 0.25) is 0 Å². The van der Waals surface area contributed by atoms with E-state index in [1.807, 2.05) is 0 Å². The van der Waals surface area contributed by atoms with Crippen molar-refractivity contribution in [1.82, 2.24) is 0 Å². The van der Waals surface area contributed by atoms with E-state index in [1.54, 1.807) is 0 Å². The minimum Gasteiger partial charge on any atom is -0.477 e. The fourth-order valence-corrected chi connectivity index (χ4v) is 1.23. The van der Waals surface area contributed by atoms with Gasteiger partial charge >= 0.3 is 5.97 Å². The Morgan fingerprint density at radius 1 is 1.06 bits per heavy atom. The molecule has 3 nitrogen and oxygen atoms in total. The average Bonchev–Trinajstić information content (AvgIpc) is 2.21. The summed E-state index contributed by atoms with van der Waals surface area (Å²) < 4.78 is 53.0. The minimum atomic E-state index is -2.08. The Bertz CT molecular complexity index is 445. The van der Waals surface area contributed by atoms with E-state index in [-0.39, 0.29) is 0 Å². The molecule has 0 saturated heterocycles. The molecule has 0 fully saturated rings. The maximum absolute atomic E-state index is 13.3. The van der Waals surface area contributed by atoms with E-state index in [0.29, 0.717) is 0 Å². The standard InChI is InChI=1S/C10H9F4NO2/c1-3(2)15-9-7(13)5(11)4(10(16)17)6(12)8(9)14/h3,15H,1-2H3,(H,16,17). The van der Waals surface area contributed by atoms with Crippen LogP contribution in [0.5, 0.6) is 0 Å². The fourth-order valence-electron chi connectivity index (χ4n) is 1.23. The highest BCUT2D eigenvalue weighted by Gasteiger charge is 2.29. The van der Waals surface area contributed by atoms with Gasteiger partial charge in [0.25, 0.3) is 0 Å². The van der Waals surface area contributed by atoms with Crippen molar-refractivity contribution in [3.63, 3.8) is 0 Å². The number of hydrogen-bond acceptors (Lipinski definition) is 2. The normalized spacial score (nSPS) is 10.8. The molecule has 1 rings (SSSR count). The molecule has 0 spiro atoms. The van der Waals surface area contributed by atoms with Gasteiger partial charge in [-0.3, -0.25) is 0 Å². The molecule has 0 saturated carbocycles. The SMILES string of the molecule is CC(C)Nc1c(F)c(F)c(C(=O)O)c(F)c1F. The highest BCUT2D eigenvalue weighted by Crippen LogP contribution is 2.28. The van der Waals surface area contributed by atoms with Crippen molar-refractivity contribution in [3.05, 3.63) is 28.8 Å². The summed E-state index contributed by atoms with van der Waals surface area (Å²) in [5.74, 6) is -9.45. The summed E-state index contributed by atoms with van der Waals surface area (Å²) in [5.41, 5.74) is -2.66. The van der Waals surface area contributed by atoms with E-state index >= 15 is 0 Å². The molecule has 0 aliphatic carbocycles.